The average Bonchev–Trinajstić information content (AvgIpc) is 2.08. The topological polar surface area (TPSA) is 110 Å². The quantitative estimate of drug-likeness (QED) is 0.311. The van der Waals surface area contributed by atoms with E-state index in [9.17, 15) is 0 Å². The molecule has 0 bridgehead atoms. The van der Waals surface area contributed by atoms with Gasteiger partial charge in [0.05, 0.1) is 6.61 Å². The molecule has 1 aliphatic heterocycles. The summed E-state index contributed by atoms with van der Waals surface area (Å²) in [7, 11) is 0. The molecule has 0 aliphatic carbocycles. The first-order valence-electron chi connectivity index (χ1n) is 3.56. The van der Waals surface area contributed by atoms with Gasteiger partial charge in [0.1, 0.15) is 24.4 Å². The van der Waals surface area contributed by atoms with Crippen molar-refractivity contribution in [3.63, 3.8) is 0 Å². The first-order chi connectivity index (χ1) is 5.57. The molecule has 5 N–H and O–H groups in total. The zero-order valence-electron chi connectivity index (χ0n) is 6.95. The fraction of sp³-hybridized carbons (Fsp3) is 1.00. The van der Waals surface area contributed by atoms with Crippen molar-refractivity contribution in [3.05, 3.63) is 0 Å². The number of rotatable bonds is 1. The molecule has 1 heterocycles. The normalized spacial score (nSPS) is 45.5. The Labute approximate surface area is 87.5 Å². The van der Waals surface area contributed by atoms with Crippen LogP contribution in [0.1, 0.15) is 0 Å². The van der Waals surface area contributed by atoms with E-state index in [2.05, 4.69) is 4.74 Å². The van der Waals surface area contributed by atoms with Gasteiger partial charge >= 0.3 is 0 Å². The smallest absolute Gasteiger partial charge is 0.184 e. The minimum absolute atomic E-state index is 0. The summed E-state index contributed by atoms with van der Waals surface area (Å²) in [4.78, 5) is 0. The Morgan fingerprint density at radius 2 is 1.46 bits per heavy atom. The molecular formula is C6H12O6Zn. The van der Waals surface area contributed by atoms with Crippen molar-refractivity contribution in [2.24, 2.45) is 0 Å². The number of hydrogen-bond acceptors (Lipinski definition) is 6. The molecule has 1 rings (SSSR count). The zero-order chi connectivity index (χ0) is 9.30. The molecule has 0 aromatic heterocycles. The van der Waals surface area contributed by atoms with E-state index in [4.69, 9.17) is 25.5 Å². The van der Waals surface area contributed by atoms with Crippen LogP contribution in [0.5, 0.6) is 0 Å². The third-order valence-electron chi connectivity index (χ3n) is 1.87. The van der Waals surface area contributed by atoms with Gasteiger partial charge in [0.2, 0.25) is 0 Å². The number of hydrogen-bond donors (Lipinski definition) is 5. The van der Waals surface area contributed by atoms with Crippen molar-refractivity contribution >= 4 is 0 Å². The van der Waals surface area contributed by atoms with E-state index < -0.39 is 37.3 Å². The first-order valence-corrected chi connectivity index (χ1v) is 3.56. The molecule has 13 heavy (non-hydrogen) atoms. The average molecular weight is 246 g/mol. The maximum Gasteiger partial charge on any atom is 0.184 e. The summed E-state index contributed by atoms with van der Waals surface area (Å²) in [6, 6.07) is 0. The van der Waals surface area contributed by atoms with E-state index in [-0.39, 0.29) is 19.5 Å². The van der Waals surface area contributed by atoms with E-state index >= 15 is 0 Å². The van der Waals surface area contributed by atoms with Crippen LogP contribution in [0, 0.1) is 0 Å². The van der Waals surface area contributed by atoms with Crippen LogP contribution >= 0.6 is 0 Å². The van der Waals surface area contributed by atoms with Crippen LogP contribution in [-0.2, 0) is 24.2 Å². The van der Waals surface area contributed by atoms with Crippen LogP contribution in [-0.4, -0.2) is 62.8 Å². The molecule has 0 spiro atoms. The summed E-state index contributed by atoms with van der Waals surface area (Å²) in [6.45, 7) is -0.526. The van der Waals surface area contributed by atoms with Crippen molar-refractivity contribution in [2.75, 3.05) is 6.61 Å². The van der Waals surface area contributed by atoms with E-state index in [1.165, 1.54) is 0 Å². The molecule has 0 aromatic carbocycles. The van der Waals surface area contributed by atoms with E-state index in [0.717, 1.165) is 0 Å². The van der Waals surface area contributed by atoms with Gasteiger partial charge in [-0.3, -0.25) is 0 Å². The zero-order valence-corrected chi connectivity index (χ0v) is 9.91. The van der Waals surface area contributed by atoms with Crippen molar-refractivity contribution in [1.29, 1.82) is 0 Å². The summed E-state index contributed by atoms with van der Waals surface area (Å²) in [5.41, 5.74) is 0. The van der Waals surface area contributed by atoms with Crippen molar-refractivity contribution < 1.29 is 49.7 Å². The van der Waals surface area contributed by atoms with Crippen molar-refractivity contribution in [2.45, 2.75) is 30.7 Å². The predicted molar refractivity (Wildman–Crippen MR) is 36.0 cm³/mol. The van der Waals surface area contributed by atoms with E-state index in [1.807, 2.05) is 0 Å². The SMILES string of the molecule is OC[C@H]1OC(O)[C@H](O)[C@@H](O)[C@@H]1O.[Zn]. The largest absolute Gasteiger partial charge is 0.394 e. The number of aliphatic hydroxyl groups is 5. The predicted octanol–water partition coefficient (Wildman–Crippen LogP) is -3.22. The van der Waals surface area contributed by atoms with Gasteiger partial charge in [0.15, 0.2) is 6.29 Å². The molecule has 1 aliphatic rings. The first kappa shape index (κ1) is 13.4. The third kappa shape index (κ3) is 2.66. The molecule has 0 aromatic rings. The summed E-state index contributed by atoms with van der Waals surface area (Å²) < 4.78 is 4.58. The fourth-order valence-electron chi connectivity index (χ4n) is 1.08. The molecule has 7 heteroatoms. The molecule has 1 saturated heterocycles. The number of aliphatic hydroxyl groups excluding tert-OH is 5. The third-order valence-corrected chi connectivity index (χ3v) is 1.87. The number of ether oxygens (including phenoxy) is 1. The second kappa shape index (κ2) is 5.31. The fourth-order valence-corrected chi connectivity index (χ4v) is 1.08. The van der Waals surface area contributed by atoms with Gasteiger partial charge in [-0.1, -0.05) is 0 Å². The van der Waals surface area contributed by atoms with Crippen LogP contribution in [0.25, 0.3) is 0 Å². The summed E-state index contributed by atoms with van der Waals surface area (Å²) in [5.74, 6) is 0. The Balaban J connectivity index is 0.00000144. The van der Waals surface area contributed by atoms with Gasteiger partial charge in [0, 0.05) is 19.5 Å². The Kier molecular flexibility index (Phi) is 5.47. The van der Waals surface area contributed by atoms with E-state index in [1.54, 1.807) is 0 Å². The summed E-state index contributed by atoms with van der Waals surface area (Å²) in [5, 5.41) is 44.7. The maximum atomic E-state index is 9.12. The Morgan fingerprint density at radius 1 is 0.923 bits per heavy atom. The molecule has 5 atom stereocenters. The molecule has 1 unspecified atom stereocenters. The van der Waals surface area contributed by atoms with Gasteiger partial charge in [0.25, 0.3) is 0 Å². The monoisotopic (exact) mass is 244 g/mol. The van der Waals surface area contributed by atoms with Gasteiger partial charge in [-0.2, -0.15) is 0 Å². The van der Waals surface area contributed by atoms with Gasteiger partial charge in [-0.05, 0) is 0 Å². The second-order valence-corrected chi connectivity index (χ2v) is 2.72. The van der Waals surface area contributed by atoms with Crippen LogP contribution < -0.4 is 0 Å². The molecule has 0 radical (unpaired) electrons. The Morgan fingerprint density at radius 3 is 1.92 bits per heavy atom. The van der Waals surface area contributed by atoms with Gasteiger partial charge in [-0.25, -0.2) is 0 Å². The summed E-state index contributed by atoms with van der Waals surface area (Å²) in [6.07, 6.45) is -7.04. The van der Waals surface area contributed by atoms with Crippen molar-refractivity contribution in [1.82, 2.24) is 0 Å². The second-order valence-electron chi connectivity index (χ2n) is 2.72. The van der Waals surface area contributed by atoms with Crippen molar-refractivity contribution in [3.8, 4) is 0 Å². The van der Waals surface area contributed by atoms with Crippen LogP contribution in [0.15, 0.2) is 0 Å². The minimum Gasteiger partial charge on any atom is -0.394 e. The molecule has 0 saturated carbocycles. The maximum absolute atomic E-state index is 9.12. The molecule has 0 amide bonds. The minimum atomic E-state index is -1.57. The standard InChI is InChI=1S/C6H12O6.Zn/c7-1-2-3(8)4(9)5(10)6(11)12-2;/h2-11H,1H2;/t2-,3-,4+,5-,6?;/m1./s1. The van der Waals surface area contributed by atoms with E-state index in [0.29, 0.717) is 0 Å². The molecule has 6 nitrogen and oxygen atoms in total. The van der Waals surface area contributed by atoms with Gasteiger partial charge < -0.3 is 30.3 Å². The molecule has 74 valence electrons. The molecule has 1 fully saturated rings. The summed E-state index contributed by atoms with van der Waals surface area (Å²) >= 11 is 0. The van der Waals surface area contributed by atoms with Crippen LogP contribution in [0.4, 0.5) is 0 Å². The Bertz CT molecular complexity index is 151. The van der Waals surface area contributed by atoms with Crippen LogP contribution in [0.3, 0.4) is 0 Å². The molecular weight excluding hydrogens is 233 g/mol. The van der Waals surface area contributed by atoms with Gasteiger partial charge in [-0.15, -0.1) is 0 Å². The Hall–Kier alpha value is 0.383. The van der Waals surface area contributed by atoms with Crippen LogP contribution in [0.2, 0.25) is 0 Å².